The Kier molecular flexibility index (Phi) is 3.69. The molecule has 1 aromatic carbocycles. The predicted molar refractivity (Wildman–Crippen MR) is 75.3 cm³/mol. The summed E-state index contributed by atoms with van der Waals surface area (Å²) < 4.78 is 7.09. The van der Waals surface area contributed by atoms with Gasteiger partial charge < -0.3 is 9.84 Å². The fourth-order valence-electron chi connectivity index (χ4n) is 2.86. The van der Waals surface area contributed by atoms with Crippen LogP contribution in [0, 0.1) is 5.92 Å². The van der Waals surface area contributed by atoms with E-state index in [1.165, 1.54) is 24.0 Å². The summed E-state index contributed by atoms with van der Waals surface area (Å²) in [6, 6.07) is 7.44. The Labute approximate surface area is 112 Å². The number of nitrogens with zero attached hydrogens (tertiary/aromatic N) is 1. The molecule has 4 heteroatoms. The summed E-state index contributed by atoms with van der Waals surface area (Å²) in [4.78, 5) is 12.1. The molecule has 4 nitrogen and oxygen atoms in total. The van der Waals surface area contributed by atoms with Crippen molar-refractivity contribution in [2.75, 3.05) is 13.1 Å². The Morgan fingerprint density at radius 1 is 1.26 bits per heavy atom. The van der Waals surface area contributed by atoms with E-state index in [0.29, 0.717) is 17.5 Å². The van der Waals surface area contributed by atoms with Crippen molar-refractivity contribution < 1.29 is 4.52 Å². The van der Waals surface area contributed by atoms with Crippen molar-refractivity contribution in [3.8, 4) is 0 Å². The minimum absolute atomic E-state index is 0.000843. The number of hydrogen-bond donors (Lipinski definition) is 1. The first-order chi connectivity index (χ1) is 9.34. The van der Waals surface area contributed by atoms with Crippen LogP contribution in [0.1, 0.15) is 25.7 Å². The molecule has 1 aliphatic rings. The van der Waals surface area contributed by atoms with E-state index in [2.05, 4.69) is 5.32 Å². The van der Waals surface area contributed by atoms with E-state index in [1.807, 2.05) is 24.3 Å². The standard InChI is InChI=1S/C15H20N2O2/c18-15-13-5-1-2-6-14(13)19-17(15)11-3-4-12-7-9-16-10-8-12/h1-2,5-6,12,16H,3-4,7-11H2. The van der Waals surface area contributed by atoms with Crippen LogP contribution in [-0.4, -0.2) is 17.8 Å². The number of piperidine rings is 1. The Morgan fingerprint density at radius 3 is 2.84 bits per heavy atom. The molecule has 0 bridgehead atoms. The van der Waals surface area contributed by atoms with Crippen LogP contribution >= 0.6 is 0 Å². The minimum Gasteiger partial charge on any atom is -0.376 e. The van der Waals surface area contributed by atoms with E-state index < -0.39 is 0 Å². The predicted octanol–water partition coefficient (Wildman–Crippen LogP) is 2.37. The molecular formula is C15H20N2O2. The number of hydrogen-bond acceptors (Lipinski definition) is 3. The van der Waals surface area contributed by atoms with Crippen LogP contribution in [0.25, 0.3) is 11.0 Å². The molecule has 0 unspecified atom stereocenters. The van der Waals surface area contributed by atoms with Crippen molar-refractivity contribution in [3.05, 3.63) is 34.6 Å². The Bertz CT molecular complexity index is 593. The van der Waals surface area contributed by atoms with Crippen LogP contribution < -0.4 is 10.9 Å². The van der Waals surface area contributed by atoms with Gasteiger partial charge in [-0.1, -0.05) is 12.1 Å². The smallest absolute Gasteiger partial charge is 0.290 e. The fourth-order valence-corrected chi connectivity index (χ4v) is 2.86. The highest BCUT2D eigenvalue weighted by atomic mass is 16.5. The topological polar surface area (TPSA) is 47.2 Å². The number of nitrogens with one attached hydrogen (secondary N) is 1. The van der Waals surface area contributed by atoms with E-state index in [-0.39, 0.29) is 5.56 Å². The average molecular weight is 260 g/mol. The number of aryl methyl sites for hydroxylation is 1. The fraction of sp³-hybridized carbons (Fsp3) is 0.533. The SMILES string of the molecule is O=c1c2ccccc2on1CCCC1CCNCC1. The van der Waals surface area contributed by atoms with Gasteiger partial charge in [-0.2, -0.15) is 4.74 Å². The van der Waals surface area contributed by atoms with Crippen LogP contribution in [-0.2, 0) is 6.54 Å². The van der Waals surface area contributed by atoms with Crippen molar-refractivity contribution in [1.82, 2.24) is 10.1 Å². The van der Waals surface area contributed by atoms with E-state index in [0.717, 1.165) is 25.4 Å². The van der Waals surface area contributed by atoms with Gasteiger partial charge in [0, 0.05) is 0 Å². The molecule has 0 amide bonds. The van der Waals surface area contributed by atoms with Gasteiger partial charge >= 0.3 is 0 Å². The van der Waals surface area contributed by atoms with Gasteiger partial charge in [-0.25, -0.2) is 0 Å². The summed E-state index contributed by atoms with van der Waals surface area (Å²) in [5.41, 5.74) is 0.690. The molecular weight excluding hydrogens is 240 g/mol. The number of para-hydroxylation sites is 1. The number of aromatic nitrogens is 1. The Balaban J connectivity index is 1.62. The summed E-state index contributed by atoms with van der Waals surface area (Å²) in [7, 11) is 0. The van der Waals surface area contributed by atoms with Crippen LogP contribution in [0.4, 0.5) is 0 Å². The molecule has 1 aliphatic heterocycles. The molecule has 3 rings (SSSR count). The summed E-state index contributed by atoms with van der Waals surface area (Å²) in [6.07, 6.45) is 4.72. The lowest BCUT2D eigenvalue weighted by Gasteiger charge is -2.22. The molecule has 0 radical (unpaired) electrons. The van der Waals surface area contributed by atoms with Gasteiger partial charge in [0.15, 0.2) is 5.58 Å². The van der Waals surface area contributed by atoms with Crippen molar-refractivity contribution in [3.63, 3.8) is 0 Å². The summed E-state index contributed by atoms with van der Waals surface area (Å²) in [5, 5.41) is 4.06. The summed E-state index contributed by atoms with van der Waals surface area (Å²) in [6.45, 7) is 2.96. The largest absolute Gasteiger partial charge is 0.376 e. The van der Waals surface area contributed by atoms with Crippen molar-refractivity contribution >= 4 is 11.0 Å². The molecule has 2 heterocycles. The van der Waals surface area contributed by atoms with Gasteiger partial charge in [0.2, 0.25) is 0 Å². The van der Waals surface area contributed by atoms with Crippen molar-refractivity contribution in [2.45, 2.75) is 32.2 Å². The molecule has 1 aromatic heterocycles. The van der Waals surface area contributed by atoms with Crippen LogP contribution in [0.2, 0.25) is 0 Å². The molecule has 19 heavy (non-hydrogen) atoms. The van der Waals surface area contributed by atoms with Crippen LogP contribution in [0.15, 0.2) is 33.6 Å². The first kappa shape index (κ1) is 12.5. The Hall–Kier alpha value is -1.55. The molecule has 102 valence electrons. The van der Waals surface area contributed by atoms with Gasteiger partial charge in [0.25, 0.3) is 5.56 Å². The van der Waals surface area contributed by atoms with E-state index in [1.54, 1.807) is 0 Å². The van der Waals surface area contributed by atoms with Crippen LogP contribution in [0.5, 0.6) is 0 Å². The molecule has 1 saturated heterocycles. The van der Waals surface area contributed by atoms with Gasteiger partial charge in [-0.15, -0.1) is 0 Å². The molecule has 0 saturated carbocycles. The summed E-state index contributed by atoms with van der Waals surface area (Å²) in [5.74, 6) is 0.807. The lowest BCUT2D eigenvalue weighted by atomic mass is 9.93. The maximum atomic E-state index is 12.1. The third-order valence-electron chi connectivity index (χ3n) is 3.98. The zero-order chi connectivity index (χ0) is 13.1. The highest BCUT2D eigenvalue weighted by Gasteiger charge is 2.13. The zero-order valence-corrected chi connectivity index (χ0v) is 11.1. The average Bonchev–Trinajstić information content (AvgIpc) is 2.78. The number of rotatable bonds is 4. The van der Waals surface area contributed by atoms with E-state index in [4.69, 9.17) is 4.52 Å². The van der Waals surface area contributed by atoms with Crippen LogP contribution in [0.3, 0.4) is 0 Å². The van der Waals surface area contributed by atoms with Gasteiger partial charge in [0.1, 0.15) is 0 Å². The highest BCUT2D eigenvalue weighted by Crippen LogP contribution is 2.18. The second-order valence-corrected chi connectivity index (χ2v) is 5.33. The van der Waals surface area contributed by atoms with Gasteiger partial charge in [-0.3, -0.25) is 4.79 Å². The van der Waals surface area contributed by atoms with Gasteiger partial charge in [-0.05, 0) is 56.8 Å². The highest BCUT2D eigenvalue weighted by molar-refractivity contribution is 5.75. The third-order valence-corrected chi connectivity index (χ3v) is 3.98. The molecule has 2 aromatic rings. The monoisotopic (exact) mass is 260 g/mol. The normalized spacial score (nSPS) is 17.1. The molecule has 1 fully saturated rings. The lowest BCUT2D eigenvalue weighted by Crippen LogP contribution is -2.28. The number of benzene rings is 1. The zero-order valence-electron chi connectivity index (χ0n) is 11.1. The third kappa shape index (κ3) is 2.73. The molecule has 1 N–H and O–H groups in total. The lowest BCUT2D eigenvalue weighted by molar-refractivity contribution is 0.259. The first-order valence-corrected chi connectivity index (χ1v) is 7.14. The first-order valence-electron chi connectivity index (χ1n) is 7.14. The molecule has 0 spiro atoms. The number of fused-ring (bicyclic) bond motifs is 1. The van der Waals surface area contributed by atoms with Gasteiger partial charge in [0.05, 0.1) is 11.9 Å². The van der Waals surface area contributed by atoms with E-state index in [9.17, 15) is 4.79 Å². The maximum Gasteiger partial charge on any atom is 0.290 e. The second-order valence-electron chi connectivity index (χ2n) is 5.33. The Morgan fingerprint density at radius 2 is 2.05 bits per heavy atom. The maximum absolute atomic E-state index is 12.1. The summed E-state index contributed by atoms with van der Waals surface area (Å²) >= 11 is 0. The van der Waals surface area contributed by atoms with E-state index >= 15 is 0 Å². The molecule has 0 atom stereocenters. The van der Waals surface area contributed by atoms with Crippen molar-refractivity contribution in [2.24, 2.45) is 5.92 Å². The second kappa shape index (κ2) is 5.61. The quantitative estimate of drug-likeness (QED) is 0.918. The van der Waals surface area contributed by atoms with Crippen molar-refractivity contribution in [1.29, 1.82) is 0 Å². The molecule has 0 aliphatic carbocycles. The minimum atomic E-state index is 0.000843.